The van der Waals surface area contributed by atoms with E-state index in [1.54, 1.807) is 23.0 Å². The third-order valence-corrected chi connectivity index (χ3v) is 5.85. The number of imidazole rings is 1. The predicted octanol–water partition coefficient (Wildman–Crippen LogP) is 0.197. The van der Waals surface area contributed by atoms with Crippen molar-refractivity contribution in [1.29, 1.82) is 0 Å². The lowest BCUT2D eigenvalue weighted by molar-refractivity contribution is -0.143. The molecule has 8 nitrogen and oxygen atoms in total. The summed E-state index contributed by atoms with van der Waals surface area (Å²) in [5.41, 5.74) is -0.668. The SMILES string of the molecule is CCOCCN1C[C@]23C=C[C@H](O2)[C@H](C(=O)N(C)Cc2nccn2C)[C@H]3C1=O. The molecule has 1 aromatic rings. The molecule has 0 radical (unpaired) electrons. The highest BCUT2D eigenvalue weighted by Crippen LogP contribution is 2.52. The number of hydrogen-bond acceptors (Lipinski definition) is 5. The van der Waals surface area contributed by atoms with Crippen molar-refractivity contribution in [3.05, 3.63) is 30.4 Å². The van der Waals surface area contributed by atoms with Crippen LogP contribution in [0.2, 0.25) is 0 Å². The van der Waals surface area contributed by atoms with Crippen molar-refractivity contribution in [2.24, 2.45) is 18.9 Å². The maximum Gasteiger partial charge on any atom is 0.230 e. The summed E-state index contributed by atoms with van der Waals surface area (Å²) in [7, 11) is 3.65. The molecule has 1 aromatic heterocycles. The fraction of sp³-hybridized carbons (Fsp3) is 0.632. The molecule has 0 N–H and O–H groups in total. The molecular formula is C19H26N4O4. The number of rotatable bonds is 7. The molecular weight excluding hydrogens is 348 g/mol. The van der Waals surface area contributed by atoms with Crippen molar-refractivity contribution < 1.29 is 19.1 Å². The Kier molecular flexibility index (Phi) is 4.55. The summed E-state index contributed by atoms with van der Waals surface area (Å²) in [5, 5.41) is 0. The van der Waals surface area contributed by atoms with Gasteiger partial charge in [0, 0.05) is 39.6 Å². The first kappa shape index (κ1) is 18.2. The van der Waals surface area contributed by atoms with Crippen LogP contribution in [0.3, 0.4) is 0 Å². The Morgan fingerprint density at radius 3 is 3.04 bits per heavy atom. The molecule has 2 bridgehead atoms. The minimum atomic E-state index is -0.668. The predicted molar refractivity (Wildman–Crippen MR) is 96.5 cm³/mol. The van der Waals surface area contributed by atoms with Gasteiger partial charge in [-0.05, 0) is 6.92 Å². The van der Waals surface area contributed by atoms with E-state index in [1.165, 1.54) is 0 Å². The van der Waals surface area contributed by atoms with Crippen molar-refractivity contribution in [3.63, 3.8) is 0 Å². The van der Waals surface area contributed by atoms with E-state index in [2.05, 4.69) is 4.98 Å². The van der Waals surface area contributed by atoms with E-state index in [0.717, 1.165) is 5.82 Å². The van der Waals surface area contributed by atoms with Crippen LogP contribution in [0.1, 0.15) is 12.7 Å². The molecule has 4 atom stereocenters. The van der Waals surface area contributed by atoms with Gasteiger partial charge in [0.2, 0.25) is 11.8 Å². The average Bonchev–Trinajstić information content (AvgIpc) is 3.38. The van der Waals surface area contributed by atoms with Crippen LogP contribution in [-0.2, 0) is 32.7 Å². The van der Waals surface area contributed by atoms with E-state index in [-0.39, 0.29) is 17.9 Å². The van der Waals surface area contributed by atoms with E-state index in [0.29, 0.717) is 32.8 Å². The summed E-state index contributed by atoms with van der Waals surface area (Å²) in [6, 6.07) is 0. The molecule has 3 aliphatic heterocycles. The number of carbonyl (C=O) groups excluding carboxylic acids is 2. The molecule has 2 fully saturated rings. The van der Waals surface area contributed by atoms with Crippen LogP contribution in [0, 0.1) is 11.8 Å². The summed E-state index contributed by atoms with van der Waals surface area (Å²) in [6.07, 6.45) is 7.14. The lowest BCUT2D eigenvalue weighted by Gasteiger charge is -2.27. The monoisotopic (exact) mass is 374 g/mol. The van der Waals surface area contributed by atoms with Gasteiger partial charge in [-0.15, -0.1) is 0 Å². The molecule has 0 unspecified atom stereocenters. The fourth-order valence-electron chi connectivity index (χ4n) is 4.46. The second kappa shape index (κ2) is 6.76. The van der Waals surface area contributed by atoms with Crippen molar-refractivity contribution >= 4 is 11.8 Å². The van der Waals surface area contributed by atoms with Crippen molar-refractivity contribution in [3.8, 4) is 0 Å². The standard InChI is InChI=1S/C19H26N4O4/c1-4-26-10-9-23-12-19-6-5-13(27-19)15(16(19)18(23)25)17(24)22(3)11-14-20-7-8-21(14)2/h5-8,13,15-16H,4,9-12H2,1-3H3/t13-,15-,16-,19-/m0/s1. The van der Waals surface area contributed by atoms with Gasteiger partial charge in [0.05, 0.1) is 37.6 Å². The Morgan fingerprint density at radius 2 is 2.33 bits per heavy atom. The molecule has 1 spiro atoms. The minimum absolute atomic E-state index is 0.00899. The summed E-state index contributed by atoms with van der Waals surface area (Å²) in [5.74, 6) is -0.212. The van der Waals surface area contributed by atoms with E-state index >= 15 is 0 Å². The molecule has 4 rings (SSSR count). The normalized spacial score (nSPS) is 31.0. The number of aryl methyl sites for hydroxylation is 1. The van der Waals surface area contributed by atoms with Gasteiger partial charge in [0.25, 0.3) is 0 Å². The van der Waals surface area contributed by atoms with Gasteiger partial charge < -0.3 is 23.8 Å². The highest BCUT2D eigenvalue weighted by Gasteiger charge is 2.67. The maximum atomic E-state index is 13.2. The minimum Gasteiger partial charge on any atom is -0.380 e. The molecule has 2 saturated heterocycles. The van der Waals surface area contributed by atoms with Gasteiger partial charge in [-0.1, -0.05) is 12.2 Å². The van der Waals surface area contributed by atoms with E-state index in [9.17, 15) is 9.59 Å². The Morgan fingerprint density at radius 1 is 1.52 bits per heavy atom. The summed E-state index contributed by atoms with van der Waals surface area (Å²) in [4.78, 5) is 33.9. The zero-order valence-electron chi connectivity index (χ0n) is 16.0. The first-order valence-corrected chi connectivity index (χ1v) is 9.41. The summed E-state index contributed by atoms with van der Waals surface area (Å²) < 4.78 is 13.4. The third kappa shape index (κ3) is 2.87. The number of nitrogens with zero attached hydrogens (tertiary/aromatic N) is 4. The van der Waals surface area contributed by atoms with Crippen molar-refractivity contribution in [1.82, 2.24) is 19.4 Å². The Labute approximate surface area is 158 Å². The second-order valence-corrected chi connectivity index (χ2v) is 7.51. The largest absolute Gasteiger partial charge is 0.380 e. The van der Waals surface area contributed by atoms with Crippen LogP contribution >= 0.6 is 0 Å². The number of hydrogen-bond donors (Lipinski definition) is 0. The van der Waals surface area contributed by atoms with Gasteiger partial charge in [-0.2, -0.15) is 0 Å². The number of likely N-dealkylation sites (tertiary alicyclic amines) is 1. The smallest absolute Gasteiger partial charge is 0.230 e. The number of amides is 2. The molecule has 146 valence electrons. The molecule has 2 amide bonds. The number of carbonyl (C=O) groups is 2. The Bertz CT molecular complexity index is 776. The van der Waals surface area contributed by atoms with Gasteiger partial charge in [0.15, 0.2) is 0 Å². The Balaban J connectivity index is 1.50. The maximum absolute atomic E-state index is 13.2. The van der Waals surface area contributed by atoms with Crippen LogP contribution in [0.5, 0.6) is 0 Å². The van der Waals surface area contributed by atoms with Crippen LogP contribution in [0.4, 0.5) is 0 Å². The fourth-order valence-corrected chi connectivity index (χ4v) is 4.46. The highest BCUT2D eigenvalue weighted by atomic mass is 16.5. The lowest BCUT2D eigenvalue weighted by atomic mass is 9.76. The van der Waals surface area contributed by atoms with Crippen LogP contribution in [0.25, 0.3) is 0 Å². The molecule has 0 aliphatic carbocycles. The molecule has 27 heavy (non-hydrogen) atoms. The van der Waals surface area contributed by atoms with Gasteiger partial charge in [0.1, 0.15) is 11.4 Å². The van der Waals surface area contributed by atoms with E-state index in [4.69, 9.17) is 9.47 Å². The molecule has 8 heteroatoms. The third-order valence-electron chi connectivity index (χ3n) is 5.85. The number of fused-ring (bicyclic) bond motifs is 1. The van der Waals surface area contributed by atoms with Crippen LogP contribution in [-0.4, -0.2) is 76.2 Å². The Hall–Kier alpha value is -2.19. The van der Waals surface area contributed by atoms with Crippen LogP contribution in [0.15, 0.2) is 24.5 Å². The lowest BCUT2D eigenvalue weighted by Crippen LogP contribution is -2.44. The zero-order chi connectivity index (χ0) is 19.2. The van der Waals surface area contributed by atoms with Gasteiger partial charge >= 0.3 is 0 Å². The molecule has 0 saturated carbocycles. The van der Waals surface area contributed by atoms with Crippen molar-refractivity contribution in [2.45, 2.75) is 25.2 Å². The summed E-state index contributed by atoms with van der Waals surface area (Å²) >= 11 is 0. The first-order valence-electron chi connectivity index (χ1n) is 9.41. The molecule has 3 aliphatic rings. The zero-order valence-corrected chi connectivity index (χ0v) is 16.0. The average molecular weight is 374 g/mol. The highest BCUT2D eigenvalue weighted by molar-refractivity contribution is 5.92. The van der Waals surface area contributed by atoms with E-state index in [1.807, 2.05) is 36.9 Å². The van der Waals surface area contributed by atoms with E-state index < -0.39 is 17.4 Å². The molecule has 0 aromatic carbocycles. The molecule has 4 heterocycles. The second-order valence-electron chi connectivity index (χ2n) is 7.51. The number of aromatic nitrogens is 2. The number of ether oxygens (including phenoxy) is 2. The first-order chi connectivity index (χ1) is 13.0. The van der Waals surface area contributed by atoms with Gasteiger partial charge in [-0.3, -0.25) is 9.59 Å². The van der Waals surface area contributed by atoms with Crippen molar-refractivity contribution in [2.75, 3.05) is 33.4 Å². The van der Waals surface area contributed by atoms with Gasteiger partial charge in [-0.25, -0.2) is 4.98 Å². The quantitative estimate of drug-likeness (QED) is 0.503. The van der Waals surface area contributed by atoms with Crippen LogP contribution < -0.4 is 0 Å². The topological polar surface area (TPSA) is 76.9 Å². The summed E-state index contributed by atoms with van der Waals surface area (Å²) in [6.45, 7) is 4.46.